The minimum absolute atomic E-state index is 0.214. The van der Waals surface area contributed by atoms with E-state index >= 15 is 0 Å². The van der Waals surface area contributed by atoms with Crippen LogP contribution in [0.1, 0.15) is 21.5 Å². The van der Waals surface area contributed by atoms with Crippen molar-refractivity contribution in [2.45, 2.75) is 13.8 Å². The Labute approximate surface area is 129 Å². The van der Waals surface area contributed by atoms with Crippen LogP contribution in [-0.2, 0) is 0 Å². The van der Waals surface area contributed by atoms with Crippen molar-refractivity contribution in [3.63, 3.8) is 0 Å². The average Bonchev–Trinajstić information content (AvgIpc) is 2.81. The van der Waals surface area contributed by atoms with Crippen LogP contribution in [0.4, 0.5) is 13.9 Å². The van der Waals surface area contributed by atoms with Crippen molar-refractivity contribution in [1.29, 1.82) is 0 Å². The molecule has 6 heteroatoms. The van der Waals surface area contributed by atoms with Gasteiger partial charge in [0.05, 0.1) is 15.8 Å². The van der Waals surface area contributed by atoms with Gasteiger partial charge in [0.2, 0.25) is 0 Å². The van der Waals surface area contributed by atoms with Crippen molar-refractivity contribution in [1.82, 2.24) is 4.98 Å². The van der Waals surface area contributed by atoms with Crippen LogP contribution in [0.2, 0.25) is 0 Å². The molecule has 3 rings (SSSR count). The molecule has 0 aliphatic carbocycles. The number of halogens is 2. The smallest absolute Gasteiger partial charge is 0.260 e. The summed E-state index contributed by atoms with van der Waals surface area (Å²) in [4.78, 5) is 16.4. The first-order valence-corrected chi connectivity index (χ1v) is 7.40. The van der Waals surface area contributed by atoms with Gasteiger partial charge in [-0.25, -0.2) is 13.8 Å². The lowest BCUT2D eigenvalue weighted by molar-refractivity contribution is 0.102. The van der Waals surface area contributed by atoms with E-state index in [-0.39, 0.29) is 5.56 Å². The molecule has 1 heterocycles. The fourth-order valence-electron chi connectivity index (χ4n) is 2.27. The van der Waals surface area contributed by atoms with E-state index in [4.69, 9.17) is 0 Å². The number of thiazole rings is 1. The van der Waals surface area contributed by atoms with Gasteiger partial charge in [0.25, 0.3) is 5.91 Å². The van der Waals surface area contributed by atoms with Gasteiger partial charge in [-0.1, -0.05) is 17.4 Å². The molecule has 0 unspecified atom stereocenters. The predicted molar refractivity (Wildman–Crippen MR) is 83.4 cm³/mol. The molecule has 1 amide bonds. The number of fused-ring (bicyclic) bond motifs is 1. The first-order chi connectivity index (χ1) is 10.4. The quantitative estimate of drug-likeness (QED) is 0.759. The Morgan fingerprint density at radius 1 is 1.18 bits per heavy atom. The Morgan fingerprint density at radius 3 is 2.68 bits per heavy atom. The third-order valence-electron chi connectivity index (χ3n) is 3.22. The molecule has 0 aliphatic rings. The molecule has 0 spiro atoms. The highest BCUT2D eigenvalue weighted by molar-refractivity contribution is 7.22. The van der Waals surface area contributed by atoms with Crippen molar-refractivity contribution >= 4 is 32.6 Å². The lowest BCUT2D eigenvalue weighted by Crippen LogP contribution is -2.13. The number of aromatic nitrogens is 1. The molecule has 0 saturated carbocycles. The molecule has 0 radical (unpaired) electrons. The second kappa shape index (κ2) is 5.46. The summed E-state index contributed by atoms with van der Waals surface area (Å²) in [6, 6.07) is 6.80. The largest absolute Gasteiger partial charge is 0.298 e. The van der Waals surface area contributed by atoms with Gasteiger partial charge in [0, 0.05) is 6.07 Å². The maximum absolute atomic E-state index is 13.6. The molecular formula is C16H12F2N2OS. The van der Waals surface area contributed by atoms with E-state index in [1.807, 2.05) is 26.0 Å². The number of carbonyl (C=O) groups excluding carboxylic acids is 1. The van der Waals surface area contributed by atoms with E-state index < -0.39 is 17.5 Å². The molecule has 1 aromatic heterocycles. The number of hydrogen-bond acceptors (Lipinski definition) is 3. The average molecular weight is 318 g/mol. The van der Waals surface area contributed by atoms with Gasteiger partial charge in [-0.15, -0.1) is 0 Å². The number of aryl methyl sites for hydroxylation is 2. The minimum Gasteiger partial charge on any atom is -0.298 e. The number of nitrogens with zero attached hydrogens (tertiary/aromatic N) is 1. The number of nitrogens with one attached hydrogen (secondary N) is 1. The first-order valence-electron chi connectivity index (χ1n) is 6.58. The van der Waals surface area contributed by atoms with Crippen LogP contribution in [0.5, 0.6) is 0 Å². The Hall–Kier alpha value is -2.34. The van der Waals surface area contributed by atoms with Crippen LogP contribution in [-0.4, -0.2) is 10.9 Å². The van der Waals surface area contributed by atoms with Gasteiger partial charge in [0.15, 0.2) is 5.13 Å². The standard InChI is InChI=1S/C16H12F2N2OS/c1-8-5-9(2)14-13(6-8)19-16(22-14)20-15(21)11-4-3-10(17)7-12(11)18/h3-7H,1-2H3,(H,19,20,21). The third-order valence-corrected chi connectivity index (χ3v) is 4.34. The second-order valence-corrected chi connectivity index (χ2v) is 6.03. The summed E-state index contributed by atoms with van der Waals surface area (Å²) < 4.78 is 27.5. The predicted octanol–water partition coefficient (Wildman–Crippen LogP) is 4.44. The number of benzene rings is 2. The van der Waals surface area contributed by atoms with Gasteiger partial charge in [-0.3, -0.25) is 10.1 Å². The zero-order valence-corrected chi connectivity index (χ0v) is 12.7. The minimum atomic E-state index is -0.898. The van der Waals surface area contributed by atoms with Crippen LogP contribution in [0, 0.1) is 25.5 Å². The highest BCUT2D eigenvalue weighted by atomic mass is 32.1. The molecule has 0 atom stereocenters. The van der Waals surface area contributed by atoms with Gasteiger partial charge in [0.1, 0.15) is 11.6 Å². The number of carbonyl (C=O) groups is 1. The fourth-order valence-corrected chi connectivity index (χ4v) is 3.18. The topological polar surface area (TPSA) is 42.0 Å². The maximum atomic E-state index is 13.6. The van der Waals surface area contributed by atoms with Gasteiger partial charge < -0.3 is 0 Å². The van der Waals surface area contributed by atoms with Crippen molar-refractivity contribution in [3.05, 3.63) is 58.7 Å². The summed E-state index contributed by atoms with van der Waals surface area (Å²) in [5.74, 6) is -2.27. The first kappa shape index (κ1) is 14.6. The molecule has 1 N–H and O–H groups in total. The zero-order chi connectivity index (χ0) is 15.9. The normalized spacial score (nSPS) is 10.9. The molecule has 0 fully saturated rings. The Bertz CT molecular complexity index is 889. The van der Waals surface area contributed by atoms with E-state index in [1.54, 1.807) is 0 Å². The maximum Gasteiger partial charge on any atom is 0.260 e. The third kappa shape index (κ3) is 2.69. The summed E-state index contributed by atoms with van der Waals surface area (Å²) >= 11 is 1.33. The Morgan fingerprint density at radius 2 is 1.95 bits per heavy atom. The van der Waals surface area contributed by atoms with Crippen LogP contribution in [0.25, 0.3) is 10.2 Å². The number of hydrogen-bond donors (Lipinski definition) is 1. The zero-order valence-electron chi connectivity index (χ0n) is 11.9. The Kier molecular flexibility index (Phi) is 3.62. The van der Waals surface area contributed by atoms with Crippen molar-refractivity contribution < 1.29 is 13.6 Å². The Balaban J connectivity index is 1.92. The van der Waals surface area contributed by atoms with Crippen LogP contribution in [0.3, 0.4) is 0 Å². The summed E-state index contributed by atoms with van der Waals surface area (Å²) in [5.41, 5.74) is 2.73. The molecule has 3 aromatic rings. The van der Waals surface area contributed by atoms with E-state index in [9.17, 15) is 13.6 Å². The highest BCUT2D eigenvalue weighted by Crippen LogP contribution is 2.30. The molecule has 112 valence electrons. The lowest BCUT2D eigenvalue weighted by Gasteiger charge is -2.02. The lowest BCUT2D eigenvalue weighted by atomic mass is 10.1. The van der Waals surface area contributed by atoms with Crippen molar-refractivity contribution in [2.75, 3.05) is 5.32 Å². The van der Waals surface area contributed by atoms with Crippen LogP contribution >= 0.6 is 11.3 Å². The van der Waals surface area contributed by atoms with Gasteiger partial charge in [-0.05, 0) is 43.2 Å². The SMILES string of the molecule is Cc1cc(C)c2sc(NC(=O)c3ccc(F)cc3F)nc2c1. The molecule has 0 aliphatic heterocycles. The molecule has 22 heavy (non-hydrogen) atoms. The highest BCUT2D eigenvalue weighted by Gasteiger charge is 2.15. The summed E-state index contributed by atoms with van der Waals surface area (Å²) in [6.45, 7) is 3.94. The summed E-state index contributed by atoms with van der Waals surface area (Å²) in [7, 11) is 0. The van der Waals surface area contributed by atoms with Gasteiger partial charge >= 0.3 is 0 Å². The van der Waals surface area contributed by atoms with Gasteiger partial charge in [-0.2, -0.15) is 0 Å². The van der Waals surface area contributed by atoms with E-state index in [0.29, 0.717) is 11.2 Å². The molecule has 3 nitrogen and oxygen atoms in total. The molecule has 0 bridgehead atoms. The summed E-state index contributed by atoms with van der Waals surface area (Å²) in [5, 5.41) is 2.95. The number of rotatable bonds is 2. The number of anilines is 1. The van der Waals surface area contributed by atoms with Crippen molar-refractivity contribution in [3.8, 4) is 0 Å². The summed E-state index contributed by atoms with van der Waals surface area (Å²) in [6.07, 6.45) is 0. The van der Waals surface area contributed by atoms with Crippen LogP contribution in [0.15, 0.2) is 30.3 Å². The van der Waals surface area contributed by atoms with E-state index in [0.717, 1.165) is 33.5 Å². The monoisotopic (exact) mass is 318 g/mol. The van der Waals surface area contributed by atoms with E-state index in [1.165, 1.54) is 11.3 Å². The van der Waals surface area contributed by atoms with E-state index in [2.05, 4.69) is 10.3 Å². The second-order valence-electron chi connectivity index (χ2n) is 5.03. The molecule has 2 aromatic carbocycles. The molecular weight excluding hydrogens is 306 g/mol. The fraction of sp³-hybridized carbons (Fsp3) is 0.125. The van der Waals surface area contributed by atoms with Crippen LogP contribution < -0.4 is 5.32 Å². The molecule has 0 saturated heterocycles. The number of amides is 1. The van der Waals surface area contributed by atoms with Crippen molar-refractivity contribution in [2.24, 2.45) is 0 Å².